The van der Waals surface area contributed by atoms with E-state index in [-0.39, 0.29) is 0 Å². The van der Waals surface area contributed by atoms with Gasteiger partial charge in [0.15, 0.2) is 0 Å². The van der Waals surface area contributed by atoms with Crippen LogP contribution >= 0.6 is 0 Å². The molecule has 0 fully saturated rings. The zero-order valence-electron chi connectivity index (χ0n) is 8.64. The second-order valence-corrected chi connectivity index (χ2v) is 3.62. The summed E-state index contributed by atoms with van der Waals surface area (Å²) in [4.78, 5) is 7.25. The summed E-state index contributed by atoms with van der Waals surface area (Å²) in [5.74, 6) is 0. The third kappa shape index (κ3) is 1.67. The van der Waals surface area contributed by atoms with Crippen molar-refractivity contribution in [2.75, 3.05) is 0 Å². The molecule has 0 atom stereocenters. The molecular formula is C11H8F2N4. The van der Waals surface area contributed by atoms with E-state index in [9.17, 15) is 8.78 Å². The monoisotopic (exact) mass is 234 g/mol. The highest BCUT2D eigenvalue weighted by Crippen LogP contribution is 2.22. The molecule has 3 heterocycles. The molecule has 0 spiro atoms. The maximum absolute atomic E-state index is 12.4. The average Bonchev–Trinajstić information content (AvgIpc) is 2.97. The maximum Gasteiger partial charge on any atom is 0.333 e. The van der Waals surface area contributed by atoms with Gasteiger partial charge < -0.3 is 4.98 Å². The van der Waals surface area contributed by atoms with Gasteiger partial charge in [0.25, 0.3) is 0 Å². The van der Waals surface area contributed by atoms with Crippen LogP contribution in [0.1, 0.15) is 6.55 Å². The fourth-order valence-corrected chi connectivity index (χ4v) is 1.68. The fraction of sp³-hybridized carbons (Fsp3) is 0.0909. The lowest BCUT2D eigenvalue weighted by molar-refractivity contribution is 0.0566. The van der Waals surface area contributed by atoms with Crippen molar-refractivity contribution < 1.29 is 8.78 Å². The third-order valence-corrected chi connectivity index (χ3v) is 2.53. The van der Waals surface area contributed by atoms with Gasteiger partial charge in [0.2, 0.25) is 0 Å². The molecule has 0 amide bonds. The average molecular weight is 234 g/mol. The quantitative estimate of drug-likeness (QED) is 0.741. The highest BCUT2D eigenvalue weighted by atomic mass is 19.3. The van der Waals surface area contributed by atoms with Gasteiger partial charge in [-0.1, -0.05) is 0 Å². The zero-order valence-corrected chi connectivity index (χ0v) is 8.64. The van der Waals surface area contributed by atoms with Gasteiger partial charge in [-0.05, 0) is 12.1 Å². The lowest BCUT2D eigenvalue weighted by Gasteiger charge is -1.97. The molecule has 0 aliphatic rings. The minimum Gasteiger partial charge on any atom is -0.361 e. The Morgan fingerprint density at radius 1 is 1.29 bits per heavy atom. The van der Waals surface area contributed by atoms with Gasteiger partial charge in [0, 0.05) is 35.1 Å². The molecule has 1 N–H and O–H groups in total. The predicted octanol–water partition coefficient (Wildman–Crippen LogP) is 2.82. The van der Waals surface area contributed by atoms with Crippen LogP contribution < -0.4 is 0 Å². The highest BCUT2D eigenvalue weighted by molar-refractivity contribution is 5.82. The van der Waals surface area contributed by atoms with Crippen LogP contribution in [0.2, 0.25) is 0 Å². The van der Waals surface area contributed by atoms with Crippen LogP contribution in [0.5, 0.6) is 0 Å². The predicted molar refractivity (Wildman–Crippen MR) is 58.6 cm³/mol. The molecule has 0 aliphatic heterocycles. The van der Waals surface area contributed by atoms with E-state index in [4.69, 9.17) is 0 Å². The van der Waals surface area contributed by atoms with Crippen LogP contribution in [0.15, 0.2) is 36.9 Å². The molecule has 0 unspecified atom stereocenters. The van der Waals surface area contributed by atoms with Gasteiger partial charge in [-0.3, -0.25) is 4.98 Å². The second-order valence-electron chi connectivity index (χ2n) is 3.62. The summed E-state index contributed by atoms with van der Waals surface area (Å²) in [6.45, 7) is -2.63. The number of pyridine rings is 1. The standard InChI is InChI=1S/C11H8F2N4/c12-11(13)17-6-8(5-16-17)10-3-9-7(4-15-10)1-2-14-9/h1-6,11,14H. The van der Waals surface area contributed by atoms with Crippen LogP contribution in [0, 0.1) is 0 Å². The van der Waals surface area contributed by atoms with Crippen molar-refractivity contribution in [1.29, 1.82) is 0 Å². The van der Waals surface area contributed by atoms with E-state index in [0.717, 1.165) is 10.9 Å². The lowest BCUT2D eigenvalue weighted by Crippen LogP contribution is -1.96. The number of aromatic amines is 1. The minimum atomic E-state index is -2.63. The van der Waals surface area contributed by atoms with Crippen LogP contribution in [0.4, 0.5) is 8.78 Å². The van der Waals surface area contributed by atoms with Gasteiger partial charge in [-0.2, -0.15) is 13.9 Å². The molecule has 0 radical (unpaired) electrons. The highest BCUT2D eigenvalue weighted by Gasteiger charge is 2.09. The van der Waals surface area contributed by atoms with Crippen LogP contribution in [0.25, 0.3) is 22.2 Å². The first-order chi connectivity index (χ1) is 8.24. The first-order valence-corrected chi connectivity index (χ1v) is 5.00. The van der Waals surface area contributed by atoms with Crippen molar-refractivity contribution >= 4 is 10.9 Å². The molecule has 0 bridgehead atoms. The van der Waals surface area contributed by atoms with E-state index in [1.165, 1.54) is 12.4 Å². The van der Waals surface area contributed by atoms with E-state index >= 15 is 0 Å². The van der Waals surface area contributed by atoms with E-state index in [1.54, 1.807) is 12.4 Å². The summed E-state index contributed by atoms with van der Waals surface area (Å²) < 4.78 is 25.4. The van der Waals surface area contributed by atoms with Gasteiger partial charge in [-0.25, -0.2) is 4.68 Å². The van der Waals surface area contributed by atoms with Crippen LogP contribution in [-0.2, 0) is 0 Å². The summed E-state index contributed by atoms with van der Waals surface area (Å²) in [5, 5.41) is 4.56. The number of hydrogen-bond donors (Lipinski definition) is 1. The number of H-pyrrole nitrogens is 1. The van der Waals surface area contributed by atoms with E-state index in [0.29, 0.717) is 15.9 Å². The number of halogens is 2. The van der Waals surface area contributed by atoms with E-state index in [2.05, 4.69) is 15.1 Å². The van der Waals surface area contributed by atoms with Gasteiger partial charge >= 0.3 is 6.55 Å². The van der Waals surface area contributed by atoms with E-state index in [1.807, 2.05) is 12.1 Å². The number of nitrogens with one attached hydrogen (secondary N) is 1. The largest absolute Gasteiger partial charge is 0.361 e. The number of alkyl halides is 2. The minimum absolute atomic E-state index is 0.571. The van der Waals surface area contributed by atoms with Crippen molar-refractivity contribution in [1.82, 2.24) is 19.7 Å². The van der Waals surface area contributed by atoms with Gasteiger partial charge in [0.05, 0.1) is 11.9 Å². The number of fused-ring (bicyclic) bond motifs is 1. The maximum atomic E-state index is 12.4. The Morgan fingerprint density at radius 3 is 2.94 bits per heavy atom. The Balaban J connectivity index is 2.06. The first kappa shape index (κ1) is 9.95. The first-order valence-electron chi connectivity index (χ1n) is 5.00. The molecule has 6 heteroatoms. The normalized spacial score (nSPS) is 11.5. The summed E-state index contributed by atoms with van der Waals surface area (Å²) in [6.07, 6.45) is 6.16. The molecule has 4 nitrogen and oxygen atoms in total. The van der Waals surface area contributed by atoms with Crippen molar-refractivity contribution in [3.05, 3.63) is 36.9 Å². The summed E-state index contributed by atoms with van der Waals surface area (Å²) in [5.41, 5.74) is 2.11. The Hall–Kier alpha value is -2.24. The van der Waals surface area contributed by atoms with Gasteiger partial charge in [-0.15, -0.1) is 0 Å². The smallest absolute Gasteiger partial charge is 0.333 e. The molecule has 0 aliphatic carbocycles. The molecule has 17 heavy (non-hydrogen) atoms. The van der Waals surface area contributed by atoms with Crippen molar-refractivity contribution in [2.45, 2.75) is 6.55 Å². The molecule has 3 aromatic heterocycles. The number of aromatic nitrogens is 4. The van der Waals surface area contributed by atoms with Gasteiger partial charge in [0.1, 0.15) is 0 Å². The van der Waals surface area contributed by atoms with Crippen molar-refractivity contribution in [3.8, 4) is 11.3 Å². The van der Waals surface area contributed by atoms with E-state index < -0.39 is 6.55 Å². The van der Waals surface area contributed by atoms with Crippen molar-refractivity contribution in [2.24, 2.45) is 0 Å². The molecule has 0 aromatic carbocycles. The Kier molecular flexibility index (Phi) is 2.14. The molecule has 3 aromatic rings. The molecule has 86 valence electrons. The number of hydrogen-bond acceptors (Lipinski definition) is 2. The molecular weight excluding hydrogens is 226 g/mol. The van der Waals surface area contributed by atoms with Crippen LogP contribution in [-0.4, -0.2) is 19.7 Å². The fourth-order valence-electron chi connectivity index (χ4n) is 1.68. The SMILES string of the molecule is FC(F)n1cc(-c2cc3[nH]ccc3cn2)cn1. The number of rotatable bonds is 2. The summed E-state index contributed by atoms with van der Waals surface area (Å²) in [7, 11) is 0. The third-order valence-electron chi connectivity index (χ3n) is 2.53. The Morgan fingerprint density at radius 2 is 2.18 bits per heavy atom. The molecule has 0 saturated carbocycles. The summed E-state index contributed by atoms with van der Waals surface area (Å²) in [6, 6.07) is 3.71. The van der Waals surface area contributed by atoms with Crippen molar-refractivity contribution in [3.63, 3.8) is 0 Å². The number of nitrogens with zero attached hydrogens (tertiary/aromatic N) is 3. The van der Waals surface area contributed by atoms with Crippen LogP contribution in [0.3, 0.4) is 0 Å². The molecule has 0 saturated heterocycles. The Labute approximate surface area is 94.9 Å². The lowest BCUT2D eigenvalue weighted by atomic mass is 10.2. The summed E-state index contributed by atoms with van der Waals surface area (Å²) >= 11 is 0. The Bertz CT molecular complexity index is 656. The zero-order chi connectivity index (χ0) is 11.8. The molecule has 3 rings (SSSR count). The second kappa shape index (κ2) is 3.65. The topological polar surface area (TPSA) is 46.5 Å².